The Hall–Kier alpha value is -2.61. The Labute approximate surface area is 176 Å². The van der Waals surface area contributed by atoms with Gasteiger partial charge in [-0.25, -0.2) is 0 Å². The monoisotopic (exact) mass is 386 g/mol. The molecule has 0 spiro atoms. The van der Waals surface area contributed by atoms with Crippen molar-refractivity contribution in [3.05, 3.63) is 82.7 Å². The van der Waals surface area contributed by atoms with Crippen LogP contribution in [0.1, 0.15) is 75.0 Å². The summed E-state index contributed by atoms with van der Waals surface area (Å²) in [6.07, 6.45) is 3.14. The van der Waals surface area contributed by atoms with Crippen molar-refractivity contribution < 1.29 is 0 Å². The zero-order chi connectivity index (χ0) is 21.2. The molecule has 2 nitrogen and oxygen atoms in total. The second-order valence-corrected chi connectivity index (χ2v) is 9.12. The Morgan fingerprint density at radius 2 is 1.59 bits per heavy atom. The van der Waals surface area contributed by atoms with E-state index in [1.54, 1.807) is 0 Å². The van der Waals surface area contributed by atoms with Crippen molar-refractivity contribution in [1.82, 2.24) is 4.57 Å². The molecular formula is C27H34N2. The van der Waals surface area contributed by atoms with Gasteiger partial charge in [0.05, 0.1) is 5.69 Å². The molecule has 0 amide bonds. The van der Waals surface area contributed by atoms with Crippen LogP contribution in [0, 0.1) is 13.8 Å². The molecule has 0 aliphatic heterocycles. The van der Waals surface area contributed by atoms with Gasteiger partial charge in [0.2, 0.25) is 0 Å². The second-order valence-electron chi connectivity index (χ2n) is 9.12. The lowest BCUT2D eigenvalue weighted by Crippen LogP contribution is -2.11. The fraction of sp³-hybridized carbons (Fsp3) is 0.370. The molecule has 0 saturated heterocycles. The molecule has 0 aliphatic carbocycles. The lowest BCUT2D eigenvalue weighted by Gasteiger charge is -2.20. The summed E-state index contributed by atoms with van der Waals surface area (Å²) < 4.78 is 2.31. The summed E-state index contributed by atoms with van der Waals surface area (Å²) in [7, 11) is 0. The lowest BCUT2D eigenvalue weighted by molar-refractivity contribution is 0.590. The molecule has 3 rings (SSSR count). The first-order chi connectivity index (χ1) is 13.7. The minimum atomic E-state index is 0.168. The smallest absolute Gasteiger partial charge is 0.0630 e. The van der Waals surface area contributed by atoms with Crippen LogP contribution >= 0.6 is 0 Å². The van der Waals surface area contributed by atoms with Gasteiger partial charge in [-0.2, -0.15) is 0 Å². The lowest BCUT2D eigenvalue weighted by atomic mass is 9.87. The predicted octanol–water partition coefficient (Wildman–Crippen LogP) is 7.66. The van der Waals surface area contributed by atoms with E-state index in [-0.39, 0.29) is 5.41 Å². The normalized spacial score (nSPS) is 13.2. The number of hydrogen-bond acceptors (Lipinski definition) is 1. The molecule has 0 N–H and O–H groups in total. The fourth-order valence-corrected chi connectivity index (χ4v) is 3.69. The zero-order valence-electron chi connectivity index (χ0n) is 19.0. The summed E-state index contributed by atoms with van der Waals surface area (Å²) in [6, 6.07) is 19.7. The van der Waals surface area contributed by atoms with Gasteiger partial charge < -0.3 is 4.57 Å². The number of aromatic nitrogens is 1. The number of aliphatic imine (C=N–C) groups is 1. The molecule has 0 aliphatic rings. The highest BCUT2D eigenvalue weighted by Crippen LogP contribution is 2.26. The maximum absolute atomic E-state index is 4.72. The summed E-state index contributed by atoms with van der Waals surface area (Å²) in [5.41, 5.74) is 8.69. The van der Waals surface area contributed by atoms with Crippen LogP contribution in [-0.4, -0.2) is 10.8 Å². The fourth-order valence-electron chi connectivity index (χ4n) is 3.69. The van der Waals surface area contributed by atoms with Gasteiger partial charge >= 0.3 is 0 Å². The summed E-state index contributed by atoms with van der Waals surface area (Å²) in [6.45, 7) is 15.6. The molecule has 3 aromatic rings. The topological polar surface area (TPSA) is 17.3 Å². The Morgan fingerprint density at radius 3 is 2.14 bits per heavy atom. The Kier molecular flexibility index (Phi) is 6.12. The van der Waals surface area contributed by atoms with Crippen LogP contribution in [0.4, 0.5) is 5.69 Å². The first-order valence-electron chi connectivity index (χ1n) is 10.6. The molecular weight excluding hydrogens is 352 g/mol. The molecule has 0 radical (unpaired) electrons. The van der Waals surface area contributed by atoms with E-state index in [2.05, 4.69) is 108 Å². The summed E-state index contributed by atoms with van der Waals surface area (Å²) >= 11 is 0. The average molecular weight is 387 g/mol. The SMILES string of the molecule is CC[C@@H](C)c1ccc(N=Cc2cc(C)n(-c3ccc(C(C)(C)C)cc3)c2C)cc1. The van der Waals surface area contributed by atoms with Crippen molar-refractivity contribution in [2.75, 3.05) is 0 Å². The highest BCUT2D eigenvalue weighted by molar-refractivity contribution is 5.84. The van der Waals surface area contributed by atoms with E-state index in [1.165, 1.54) is 28.2 Å². The van der Waals surface area contributed by atoms with Crippen LogP contribution in [-0.2, 0) is 5.41 Å². The molecule has 0 bridgehead atoms. The maximum atomic E-state index is 4.72. The first-order valence-corrected chi connectivity index (χ1v) is 10.6. The quantitative estimate of drug-likeness (QED) is 0.401. The third kappa shape index (κ3) is 4.70. The molecule has 1 atom stereocenters. The molecule has 0 fully saturated rings. The van der Waals surface area contributed by atoms with Gasteiger partial charge in [0.15, 0.2) is 0 Å². The third-order valence-electron chi connectivity index (χ3n) is 5.89. The third-order valence-corrected chi connectivity index (χ3v) is 5.89. The highest BCUT2D eigenvalue weighted by atomic mass is 15.0. The Bertz CT molecular complexity index is 981. The van der Waals surface area contributed by atoms with Crippen molar-refractivity contribution in [3.63, 3.8) is 0 Å². The summed E-state index contributed by atoms with van der Waals surface area (Å²) in [4.78, 5) is 4.72. The molecule has 0 unspecified atom stereocenters. The van der Waals surface area contributed by atoms with Crippen LogP contribution in [0.15, 0.2) is 59.6 Å². The van der Waals surface area contributed by atoms with E-state index in [0.29, 0.717) is 5.92 Å². The largest absolute Gasteiger partial charge is 0.318 e. The van der Waals surface area contributed by atoms with Gasteiger partial charge in [-0.15, -0.1) is 0 Å². The minimum Gasteiger partial charge on any atom is -0.318 e. The summed E-state index contributed by atoms with van der Waals surface area (Å²) in [5.74, 6) is 0.594. The van der Waals surface area contributed by atoms with Crippen LogP contribution in [0.2, 0.25) is 0 Å². The first kappa shape index (κ1) is 21.1. The minimum absolute atomic E-state index is 0.168. The Balaban J connectivity index is 1.85. The van der Waals surface area contributed by atoms with E-state index in [1.807, 2.05) is 6.21 Å². The second kappa shape index (κ2) is 8.41. The molecule has 152 valence electrons. The van der Waals surface area contributed by atoms with Crippen LogP contribution in [0.3, 0.4) is 0 Å². The number of benzene rings is 2. The highest BCUT2D eigenvalue weighted by Gasteiger charge is 2.14. The number of rotatable bonds is 5. The van der Waals surface area contributed by atoms with Gasteiger partial charge in [-0.1, -0.05) is 58.9 Å². The molecule has 29 heavy (non-hydrogen) atoms. The maximum Gasteiger partial charge on any atom is 0.0630 e. The molecule has 1 aromatic heterocycles. The number of hydrogen-bond donors (Lipinski definition) is 0. The van der Waals surface area contributed by atoms with Crippen molar-refractivity contribution in [1.29, 1.82) is 0 Å². The van der Waals surface area contributed by atoms with Crippen molar-refractivity contribution >= 4 is 11.9 Å². The predicted molar refractivity (Wildman–Crippen MR) is 126 cm³/mol. The molecule has 0 saturated carbocycles. The van der Waals surface area contributed by atoms with E-state index in [0.717, 1.165) is 17.7 Å². The average Bonchev–Trinajstić information content (AvgIpc) is 2.99. The van der Waals surface area contributed by atoms with Crippen LogP contribution < -0.4 is 0 Å². The van der Waals surface area contributed by atoms with Crippen molar-refractivity contribution in [2.24, 2.45) is 4.99 Å². The van der Waals surface area contributed by atoms with E-state index >= 15 is 0 Å². The molecule has 2 heteroatoms. The van der Waals surface area contributed by atoms with Gasteiger partial charge in [0.25, 0.3) is 0 Å². The van der Waals surface area contributed by atoms with Gasteiger partial charge in [0.1, 0.15) is 0 Å². The molecule has 2 aromatic carbocycles. The zero-order valence-corrected chi connectivity index (χ0v) is 19.0. The van der Waals surface area contributed by atoms with E-state index in [4.69, 9.17) is 4.99 Å². The van der Waals surface area contributed by atoms with Gasteiger partial charge in [-0.05, 0) is 73.1 Å². The summed E-state index contributed by atoms with van der Waals surface area (Å²) in [5, 5.41) is 0. The standard InChI is InChI=1S/C27H34N2/c1-8-19(2)22-9-13-25(14-10-22)28-18-23-17-20(3)29(21(23)4)26-15-11-24(12-16-26)27(5,6)7/h9-19H,8H2,1-7H3/t19-/m1/s1. The van der Waals surface area contributed by atoms with Crippen LogP contribution in [0.25, 0.3) is 5.69 Å². The van der Waals surface area contributed by atoms with Crippen molar-refractivity contribution in [2.45, 2.75) is 66.2 Å². The van der Waals surface area contributed by atoms with Gasteiger partial charge in [-0.3, -0.25) is 4.99 Å². The van der Waals surface area contributed by atoms with Gasteiger partial charge in [0, 0.05) is 28.9 Å². The Morgan fingerprint density at radius 1 is 0.966 bits per heavy atom. The van der Waals surface area contributed by atoms with Crippen molar-refractivity contribution in [3.8, 4) is 5.69 Å². The van der Waals surface area contributed by atoms with E-state index in [9.17, 15) is 0 Å². The molecule has 1 heterocycles. The number of nitrogens with zero attached hydrogens (tertiary/aromatic N) is 2. The van der Waals surface area contributed by atoms with Crippen LogP contribution in [0.5, 0.6) is 0 Å². The number of aryl methyl sites for hydroxylation is 1. The van der Waals surface area contributed by atoms with E-state index < -0.39 is 0 Å².